The lowest BCUT2D eigenvalue weighted by Gasteiger charge is -2.34. The van der Waals surface area contributed by atoms with Crippen molar-refractivity contribution in [2.45, 2.75) is 31.4 Å². The average Bonchev–Trinajstić information content (AvgIpc) is 2.77. The van der Waals surface area contributed by atoms with E-state index >= 15 is 0 Å². The van der Waals surface area contributed by atoms with E-state index in [0.717, 1.165) is 5.56 Å². The Kier molecular flexibility index (Phi) is 6.36. The molecule has 1 aliphatic carbocycles. The maximum absolute atomic E-state index is 12.6. The molecule has 3 rings (SSSR count). The van der Waals surface area contributed by atoms with Gasteiger partial charge in [0, 0.05) is 30.8 Å². The topological polar surface area (TPSA) is 122 Å². The van der Waals surface area contributed by atoms with Gasteiger partial charge in [0.2, 0.25) is 0 Å². The van der Waals surface area contributed by atoms with E-state index < -0.39 is 23.5 Å². The van der Waals surface area contributed by atoms with Crippen molar-refractivity contribution in [2.24, 2.45) is 10.9 Å². The Balaban J connectivity index is 2.31. The molecule has 0 aliphatic heterocycles. The first-order valence-electron chi connectivity index (χ1n) is 9.70. The number of nitrogens with two attached hydrogens (primary N) is 1. The average molecular weight is 420 g/mol. The Morgan fingerprint density at radius 1 is 1.19 bits per heavy atom. The first-order chi connectivity index (χ1) is 14.9. The van der Waals surface area contributed by atoms with E-state index in [1.54, 1.807) is 37.3 Å². The van der Waals surface area contributed by atoms with E-state index in [9.17, 15) is 19.8 Å². The van der Waals surface area contributed by atoms with E-state index in [0.29, 0.717) is 22.3 Å². The largest absolute Gasteiger partial charge is 0.480 e. The molecule has 0 amide bonds. The fraction of sp³-hybridized carbons (Fsp3) is 0.208. The molecule has 2 aromatic carbocycles. The van der Waals surface area contributed by atoms with Crippen molar-refractivity contribution >= 4 is 18.7 Å². The lowest BCUT2D eigenvalue weighted by Crippen LogP contribution is -2.38. The second-order valence-electron chi connectivity index (χ2n) is 7.36. The summed E-state index contributed by atoms with van der Waals surface area (Å²) in [6, 6.07) is 14.4. The Morgan fingerprint density at radius 3 is 2.48 bits per heavy atom. The molecule has 2 aromatic rings. The van der Waals surface area contributed by atoms with Gasteiger partial charge >= 0.3 is 11.9 Å². The van der Waals surface area contributed by atoms with Crippen LogP contribution in [0.25, 0.3) is 0 Å². The van der Waals surface area contributed by atoms with Crippen LogP contribution >= 0.6 is 0 Å². The Hall–Kier alpha value is -3.71. The summed E-state index contributed by atoms with van der Waals surface area (Å²) < 4.78 is 0. The first-order valence-corrected chi connectivity index (χ1v) is 9.70. The van der Waals surface area contributed by atoms with E-state index in [1.165, 1.54) is 0 Å². The number of nitrogens with zero attached hydrogens (tertiary/aromatic N) is 1. The minimum absolute atomic E-state index is 0.0491. The highest BCUT2D eigenvalue weighted by molar-refractivity contribution is 5.94. The van der Waals surface area contributed by atoms with E-state index in [4.69, 9.17) is 10.6 Å². The molecule has 0 saturated heterocycles. The highest BCUT2D eigenvalue weighted by atomic mass is 16.6. The number of carboxylic acids is 2. The number of aliphatic carboxylic acids is 2. The number of rotatable bonds is 8. The van der Waals surface area contributed by atoms with Crippen molar-refractivity contribution in [3.63, 3.8) is 0 Å². The monoisotopic (exact) mass is 420 g/mol. The standard InChI is InChI=1S/C24H24N2O5/c1-15-11-12-24(23(29)30,13-18(15)22(27)28)19-10-6-9-17(14-25)20(19)21(31-26-2)16-7-4-3-5-8-16/h3-12,21H,2,13-14,25H2,1H3,(H,27,28)(H,29,30). The van der Waals surface area contributed by atoms with Gasteiger partial charge in [0.05, 0.1) is 0 Å². The summed E-state index contributed by atoms with van der Waals surface area (Å²) in [6.07, 6.45) is 2.12. The summed E-state index contributed by atoms with van der Waals surface area (Å²) >= 11 is 0. The zero-order chi connectivity index (χ0) is 22.6. The molecule has 1 aliphatic rings. The van der Waals surface area contributed by atoms with Crippen molar-refractivity contribution in [1.82, 2.24) is 0 Å². The third kappa shape index (κ3) is 4.00. The number of carbonyl (C=O) groups is 2. The summed E-state index contributed by atoms with van der Waals surface area (Å²) in [4.78, 5) is 30.1. The van der Waals surface area contributed by atoms with Gasteiger partial charge in [-0.3, -0.25) is 4.79 Å². The smallest absolute Gasteiger partial charge is 0.331 e. The minimum Gasteiger partial charge on any atom is -0.480 e. The molecule has 0 spiro atoms. The van der Waals surface area contributed by atoms with Crippen LogP contribution in [-0.4, -0.2) is 28.9 Å². The van der Waals surface area contributed by atoms with Gasteiger partial charge in [0.15, 0.2) is 6.10 Å². The second-order valence-corrected chi connectivity index (χ2v) is 7.36. The van der Waals surface area contributed by atoms with Gasteiger partial charge < -0.3 is 20.8 Å². The molecule has 0 saturated carbocycles. The molecule has 7 heteroatoms. The normalized spacial score (nSPS) is 19.0. The van der Waals surface area contributed by atoms with Gasteiger partial charge in [-0.05, 0) is 29.2 Å². The predicted molar refractivity (Wildman–Crippen MR) is 117 cm³/mol. The second kappa shape index (κ2) is 8.97. The van der Waals surface area contributed by atoms with Crippen LogP contribution in [0.3, 0.4) is 0 Å². The minimum atomic E-state index is -1.61. The molecule has 0 heterocycles. The van der Waals surface area contributed by atoms with Crippen molar-refractivity contribution in [3.05, 3.63) is 94.1 Å². The molecule has 0 radical (unpaired) electrons. The zero-order valence-corrected chi connectivity index (χ0v) is 17.1. The van der Waals surface area contributed by atoms with Gasteiger partial charge in [0.1, 0.15) is 5.41 Å². The third-order valence-electron chi connectivity index (χ3n) is 5.63. The van der Waals surface area contributed by atoms with Crippen molar-refractivity contribution in [3.8, 4) is 0 Å². The number of benzene rings is 2. The summed E-state index contributed by atoms with van der Waals surface area (Å²) in [7, 11) is 0. The number of allylic oxidation sites excluding steroid dienone is 2. The molecule has 2 unspecified atom stereocenters. The number of oxime groups is 1. The highest BCUT2D eigenvalue weighted by Crippen LogP contribution is 2.44. The lowest BCUT2D eigenvalue weighted by atomic mass is 9.68. The highest BCUT2D eigenvalue weighted by Gasteiger charge is 2.45. The number of carboxylic acid groups (broad SMARTS) is 2. The van der Waals surface area contributed by atoms with Crippen LogP contribution in [0.2, 0.25) is 0 Å². The van der Waals surface area contributed by atoms with Gasteiger partial charge in [-0.2, -0.15) is 0 Å². The van der Waals surface area contributed by atoms with Crippen LogP contribution in [0.5, 0.6) is 0 Å². The molecule has 0 aromatic heterocycles. The summed E-state index contributed by atoms with van der Waals surface area (Å²) in [5.74, 6) is -2.31. The van der Waals surface area contributed by atoms with Gasteiger partial charge in [-0.15, -0.1) is 5.16 Å². The SMILES string of the molecule is C=NOC(c1ccccc1)c1c(CN)cccc1C1(C(=O)O)C=CC(C)=C(C(=O)O)C1. The quantitative estimate of drug-likeness (QED) is 0.443. The fourth-order valence-electron chi connectivity index (χ4n) is 4.01. The molecule has 0 bridgehead atoms. The molecular weight excluding hydrogens is 396 g/mol. The van der Waals surface area contributed by atoms with Gasteiger partial charge in [0.25, 0.3) is 0 Å². The Bertz CT molecular complexity index is 1070. The van der Waals surface area contributed by atoms with Crippen molar-refractivity contribution < 1.29 is 24.6 Å². The molecule has 160 valence electrons. The van der Waals surface area contributed by atoms with Crippen LogP contribution in [0, 0.1) is 0 Å². The molecule has 31 heavy (non-hydrogen) atoms. The molecule has 7 nitrogen and oxygen atoms in total. The van der Waals surface area contributed by atoms with Crippen LogP contribution in [0.1, 0.15) is 41.7 Å². The fourth-order valence-corrected chi connectivity index (χ4v) is 4.01. The predicted octanol–water partition coefficient (Wildman–Crippen LogP) is 3.55. The molecule has 4 N–H and O–H groups in total. The third-order valence-corrected chi connectivity index (χ3v) is 5.63. The summed E-state index contributed by atoms with van der Waals surface area (Å²) in [5.41, 5.74) is 7.33. The molecule has 0 fully saturated rings. The van der Waals surface area contributed by atoms with Crippen molar-refractivity contribution in [1.29, 1.82) is 0 Å². The maximum atomic E-state index is 12.6. The first kappa shape index (κ1) is 22.0. The van der Waals surface area contributed by atoms with Crippen LogP contribution in [-0.2, 0) is 26.4 Å². The van der Waals surface area contributed by atoms with Crippen LogP contribution in [0.15, 0.2) is 77.0 Å². The molecule has 2 atom stereocenters. The van der Waals surface area contributed by atoms with Crippen LogP contribution < -0.4 is 5.73 Å². The molecular formula is C24H24N2O5. The van der Waals surface area contributed by atoms with Crippen molar-refractivity contribution in [2.75, 3.05) is 0 Å². The van der Waals surface area contributed by atoms with Gasteiger partial charge in [-0.1, -0.05) is 60.7 Å². The lowest BCUT2D eigenvalue weighted by molar-refractivity contribution is -0.142. The van der Waals surface area contributed by atoms with Crippen LogP contribution in [0.4, 0.5) is 0 Å². The summed E-state index contributed by atoms with van der Waals surface area (Å²) in [6.45, 7) is 5.21. The van der Waals surface area contributed by atoms with E-state index in [-0.39, 0.29) is 18.5 Å². The van der Waals surface area contributed by atoms with Gasteiger partial charge in [-0.25, -0.2) is 4.79 Å². The Morgan fingerprint density at radius 2 is 1.90 bits per heavy atom. The Labute approximate surface area is 180 Å². The maximum Gasteiger partial charge on any atom is 0.331 e. The van der Waals surface area contributed by atoms with E-state index in [2.05, 4.69) is 11.9 Å². The number of hydrogen-bond donors (Lipinski definition) is 3. The summed E-state index contributed by atoms with van der Waals surface area (Å²) in [5, 5.41) is 23.6. The zero-order valence-electron chi connectivity index (χ0n) is 17.1. The van der Waals surface area contributed by atoms with E-state index in [1.807, 2.05) is 30.3 Å². The number of hydrogen-bond acceptors (Lipinski definition) is 5.